The molecule has 124 valence electrons. The van der Waals surface area contributed by atoms with E-state index < -0.39 is 0 Å². The average Bonchev–Trinajstić information content (AvgIpc) is 2.85. The molecule has 0 radical (unpaired) electrons. The molecule has 1 heteroatoms. The Morgan fingerprint density at radius 2 is 1.64 bits per heavy atom. The summed E-state index contributed by atoms with van der Waals surface area (Å²) in [5, 5.41) is 0. The Kier molecular flexibility index (Phi) is 5.37. The van der Waals surface area contributed by atoms with Gasteiger partial charge in [0, 0.05) is 6.54 Å². The Labute approximate surface area is 138 Å². The molecular formula is C21H35N. The Hall–Kier alpha value is -0.820. The second kappa shape index (κ2) is 6.74. The van der Waals surface area contributed by atoms with Crippen LogP contribution >= 0.6 is 0 Å². The van der Waals surface area contributed by atoms with Crippen LogP contribution in [0, 0.1) is 5.41 Å². The fourth-order valence-electron chi connectivity index (χ4n) is 3.40. The standard InChI is InChI=1S/C21H35N/c1-20(2,3)13-7-14-22-15-12-18(16-22)17-8-10-19(11-9-17)21(4,5)6/h8-11,18H,7,12-16H2,1-6H3. The molecule has 1 aromatic carbocycles. The van der Waals surface area contributed by atoms with E-state index in [1.54, 1.807) is 0 Å². The summed E-state index contributed by atoms with van der Waals surface area (Å²) in [5.41, 5.74) is 3.71. The van der Waals surface area contributed by atoms with E-state index >= 15 is 0 Å². The van der Waals surface area contributed by atoms with Gasteiger partial charge in [-0.3, -0.25) is 0 Å². The number of likely N-dealkylation sites (tertiary alicyclic amines) is 1. The van der Waals surface area contributed by atoms with Gasteiger partial charge >= 0.3 is 0 Å². The molecule has 0 saturated carbocycles. The van der Waals surface area contributed by atoms with Crippen molar-refractivity contribution >= 4 is 0 Å². The largest absolute Gasteiger partial charge is 0.303 e. The first-order chi connectivity index (χ1) is 10.1. The second-order valence-electron chi connectivity index (χ2n) is 9.32. The monoisotopic (exact) mass is 301 g/mol. The first-order valence-corrected chi connectivity index (χ1v) is 8.98. The van der Waals surface area contributed by atoms with E-state index in [0.29, 0.717) is 5.41 Å². The molecule has 1 nitrogen and oxygen atoms in total. The molecule has 1 aliphatic rings. The van der Waals surface area contributed by atoms with E-state index in [1.807, 2.05) is 0 Å². The summed E-state index contributed by atoms with van der Waals surface area (Å²) in [7, 11) is 0. The van der Waals surface area contributed by atoms with Crippen LogP contribution in [-0.4, -0.2) is 24.5 Å². The lowest BCUT2D eigenvalue weighted by atomic mass is 9.85. The highest BCUT2D eigenvalue weighted by Gasteiger charge is 2.24. The molecule has 22 heavy (non-hydrogen) atoms. The number of hydrogen-bond acceptors (Lipinski definition) is 1. The van der Waals surface area contributed by atoms with Crippen molar-refractivity contribution in [2.24, 2.45) is 5.41 Å². The maximum absolute atomic E-state index is 2.66. The smallest absolute Gasteiger partial charge is 0.00507 e. The lowest BCUT2D eigenvalue weighted by Gasteiger charge is -2.22. The van der Waals surface area contributed by atoms with Crippen LogP contribution in [0.5, 0.6) is 0 Å². The van der Waals surface area contributed by atoms with Crippen LogP contribution in [0.3, 0.4) is 0 Å². The fourth-order valence-corrected chi connectivity index (χ4v) is 3.40. The molecule has 0 aliphatic carbocycles. The minimum absolute atomic E-state index is 0.257. The van der Waals surface area contributed by atoms with Crippen molar-refractivity contribution in [3.63, 3.8) is 0 Å². The number of rotatable bonds is 4. The van der Waals surface area contributed by atoms with Crippen LogP contribution in [0.4, 0.5) is 0 Å². The molecular weight excluding hydrogens is 266 g/mol. The van der Waals surface area contributed by atoms with Gasteiger partial charge in [-0.25, -0.2) is 0 Å². The Morgan fingerprint density at radius 3 is 2.18 bits per heavy atom. The summed E-state index contributed by atoms with van der Waals surface area (Å²) in [4.78, 5) is 2.66. The van der Waals surface area contributed by atoms with Crippen molar-refractivity contribution < 1.29 is 0 Å². The van der Waals surface area contributed by atoms with Gasteiger partial charge < -0.3 is 4.90 Å². The molecule has 1 heterocycles. The quantitative estimate of drug-likeness (QED) is 0.699. The molecule has 2 rings (SSSR count). The highest BCUT2D eigenvalue weighted by molar-refractivity contribution is 5.30. The topological polar surface area (TPSA) is 3.24 Å². The number of nitrogens with zero attached hydrogens (tertiary/aromatic N) is 1. The molecule has 1 atom stereocenters. The summed E-state index contributed by atoms with van der Waals surface area (Å²) >= 11 is 0. The molecule has 0 bridgehead atoms. The zero-order valence-electron chi connectivity index (χ0n) is 15.6. The van der Waals surface area contributed by atoms with Gasteiger partial charge in [-0.1, -0.05) is 65.8 Å². The minimum atomic E-state index is 0.257. The lowest BCUT2D eigenvalue weighted by molar-refractivity contribution is 0.287. The van der Waals surface area contributed by atoms with Crippen LogP contribution < -0.4 is 0 Å². The van der Waals surface area contributed by atoms with E-state index in [4.69, 9.17) is 0 Å². The van der Waals surface area contributed by atoms with Gasteiger partial charge in [0.25, 0.3) is 0 Å². The van der Waals surface area contributed by atoms with E-state index in [1.165, 1.54) is 50.0 Å². The van der Waals surface area contributed by atoms with E-state index in [9.17, 15) is 0 Å². The summed E-state index contributed by atoms with van der Waals surface area (Å²) in [6.45, 7) is 17.7. The van der Waals surface area contributed by atoms with Gasteiger partial charge in [0.2, 0.25) is 0 Å². The maximum atomic E-state index is 2.66. The van der Waals surface area contributed by atoms with Crippen molar-refractivity contribution in [3.05, 3.63) is 35.4 Å². The summed E-state index contributed by atoms with van der Waals surface area (Å²) in [6.07, 6.45) is 3.98. The molecule has 0 spiro atoms. The maximum Gasteiger partial charge on any atom is 0.00507 e. The highest BCUT2D eigenvalue weighted by Crippen LogP contribution is 2.30. The predicted molar refractivity (Wildman–Crippen MR) is 97.6 cm³/mol. The molecule has 1 saturated heterocycles. The zero-order chi connectivity index (χ0) is 16.4. The Balaban J connectivity index is 1.85. The van der Waals surface area contributed by atoms with E-state index in [0.717, 1.165) is 5.92 Å². The van der Waals surface area contributed by atoms with Crippen LogP contribution in [0.15, 0.2) is 24.3 Å². The SMILES string of the molecule is CC(C)(C)CCCN1CCC(c2ccc(C(C)(C)C)cc2)C1. The first kappa shape index (κ1) is 17.5. The van der Waals surface area contributed by atoms with E-state index in [2.05, 4.69) is 70.7 Å². The van der Waals surface area contributed by atoms with Gasteiger partial charge in [-0.15, -0.1) is 0 Å². The third kappa shape index (κ3) is 5.12. The van der Waals surface area contributed by atoms with Crippen molar-refractivity contribution in [1.82, 2.24) is 4.90 Å². The van der Waals surface area contributed by atoms with Crippen LogP contribution in [0.1, 0.15) is 77.8 Å². The van der Waals surface area contributed by atoms with Crippen LogP contribution in [0.25, 0.3) is 0 Å². The molecule has 1 unspecified atom stereocenters. The van der Waals surface area contributed by atoms with E-state index in [-0.39, 0.29) is 5.41 Å². The molecule has 0 aromatic heterocycles. The second-order valence-corrected chi connectivity index (χ2v) is 9.32. The van der Waals surface area contributed by atoms with Gasteiger partial charge in [0.15, 0.2) is 0 Å². The van der Waals surface area contributed by atoms with Gasteiger partial charge in [-0.05, 0) is 60.2 Å². The average molecular weight is 302 g/mol. The summed E-state index contributed by atoms with van der Waals surface area (Å²) in [5.74, 6) is 0.739. The highest BCUT2D eigenvalue weighted by atomic mass is 15.1. The molecule has 1 aromatic rings. The lowest BCUT2D eigenvalue weighted by Crippen LogP contribution is -2.22. The van der Waals surface area contributed by atoms with Gasteiger partial charge in [0.05, 0.1) is 0 Å². The Bertz CT molecular complexity index is 458. The van der Waals surface area contributed by atoms with Crippen molar-refractivity contribution in [1.29, 1.82) is 0 Å². The number of hydrogen-bond donors (Lipinski definition) is 0. The first-order valence-electron chi connectivity index (χ1n) is 8.98. The predicted octanol–water partition coefficient (Wildman–Crippen LogP) is 5.60. The number of benzene rings is 1. The normalized spacial score (nSPS) is 20.5. The summed E-state index contributed by atoms with van der Waals surface area (Å²) < 4.78 is 0. The molecule has 0 amide bonds. The summed E-state index contributed by atoms with van der Waals surface area (Å²) in [6, 6.07) is 9.39. The fraction of sp³-hybridized carbons (Fsp3) is 0.714. The molecule has 1 aliphatic heterocycles. The molecule has 0 N–H and O–H groups in total. The third-order valence-electron chi connectivity index (χ3n) is 4.92. The van der Waals surface area contributed by atoms with Crippen LogP contribution in [0.2, 0.25) is 0 Å². The van der Waals surface area contributed by atoms with Crippen molar-refractivity contribution in [2.75, 3.05) is 19.6 Å². The van der Waals surface area contributed by atoms with Crippen molar-refractivity contribution in [2.45, 2.75) is 72.1 Å². The van der Waals surface area contributed by atoms with Crippen molar-refractivity contribution in [3.8, 4) is 0 Å². The Morgan fingerprint density at radius 1 is 1.00 bits per heavy atom. The zero-order valence-corrected chi connectivity index (χ0v) is 15.6. The van der Waals surface area contributed by atoms with Gasteiger partial charge in [-0.2, -0.15) is 0 Å². The van der Waals surface area contributed by atoms with Crippen LogP contribution in [-0.2, 0) is 5.41 Å². The van der Waals surface area contributed by atoms with Gasteiger partial charge in [0.1, 0.15) is 0 Å². The molecule has 1 fully saturated rings. The third-order valence-corrected chi connectivity index (χ3v) is 4.92. The minimum Gasteiger partial charge on any atom is -0.303 e.